The third-order valence-corrected chi connectivity index (χ3v) is 18.7. The van der Waals surface area contributed by atoms with Crippen LogP contribution in [0.3, 0.4) is 0 Å². The van der Waals surface area contributed by atoms with Gasteiger partial charge in [-0.3, -0.25) is 24.3 Å². The zero-order chi connectivity index (χ0) is 46.8. The number of H-pyrrole nitrogens is 1. The highest BCUT2D eigenvalue weighted by atomic mass is 32.2. The van der Waals surface area contributed by atoms with Gasteiger partial charge in [-0.2, -0.15) is 0 Å². The molecule has 0 saturated carbocycles. The molecule has 6 N–H and O–H groups in total. The van der Waals surface area contributed by atoms with E-state index in [1.807, 2.05) is 6.07 Å². The quantitative estimate of drug-likeness (QED) is 0.0527. The van der Waals surface area contributed by atoms with Crippen LogP contribution in [0.4, 0.5) is 11.4 Å². The van der Waals surface area contributed by atoms with E-state index in [4.69, 9.17) is 14.9 Å². The molecule has 6 aromatic rings. The Kier molecular flexibility index (Phi) is 13.5. The summed E-state index contributed by atoms with van der Waals surface area (Å²) in [6, 6.07) is 22.8. The van der Waals surface area contributed by atoms with Gasteiger partial charge in [0.15, 0.2) is 8.32 Å². The molecule has 7 rings (SSSR count). The van der Waals surface area contributed by atoms with Crippen LogP contribution in [-0.2, 0) is 14.3 Å². The van der Waals surface area contributed by atoms with E-state index in [1.165, 1.54) is 36.5 Å². The topological polar surface area (TPSA) is 209 Å². The van der Waals surface area contributed by atoms with E-state index in [9.17, 15) is 27.9 Å². The summed E-state index contributed by atoms with van der Waals surface area (Å²) in [5.41, 5.74) is 9.02. The molecule has 1 aliphatic rings. The van der Waals surface area contributed by atoms with Crippen molar-refractivity contribution in [2.24, 2.45) is 5.73 Å². The Balaban J connectivity index is 1.02. The molecule has 0 radical (unpaired) electrons. The highest BCUT2D eigenvalue weighted by Crippen LogP contribution is 2.41. The number of ether oxygens (including phenoxy) is 1. The van der Waals surface area contributed by atoms with Crippen LogP contribution in [0, 0.1) is 6.92 Å². The number of methoxy groups -OCH3 is 1. The zero-order valence-electron chi connectivity index (χ0n) is 37.8. The average molecular weight is 920 g/mol. The van der Waals surface area contributed by atoms with Gasteiger partial charge in [-0.25, -0.2) is 8.42 Å². The van der Waals surface area contributed by atoms with Gasteiger partial charge in [0.1, 0.15) is 11.5 Å². The summed E-state index contributed by atoms with van der Waals surface area (Å²) >= 11 is 0. The number of carbonyl (C=O) groups is 2. The smallest absolute Gasteiger partial charge is 0.253 e. The molecule has 2 amide bonds. The number of aryl methyl sites for hydroxylation is 1. The first kappa shape index (κ1) is 46.9. The van der Waals surface area contributed by atoms with Crippen molar-refractivity contribution in [3.05, 3.63) is 124 Å². The van der Waals surface area contributed by atoms with Gasteiger partial charge in [0.25, 0.3) is 11.8 Å². The molecule has 2 aromatic heterocycles. The highest BCUT2D eigenvalue weighted by molar-refractivity contribution is 7.91. The Labute approximate surface area is 380 Å². The summed E-state index contributed by atoms with van der Waals surface area (Å²) in [7, 11) is -4.87. The molecule has 1 saturated heterocycles. The number of aromatic hydroxyl groups is 1. The van der Waals surface area contributed by atoms with E-state index >= 15 is 0 Å². The van der Waals surface area contributed by atoms with E-state index in [0.717, 1.165) is 17.5 Å². The largest absolute Gasteiger partial charge is 0.506 e. The molecule has 0 aliphatic carbocycles. The number of hydrogen-bond donors (Lipinski definition) is 5. The van der Waals surface area contributed by atoms with E-state index in [-0.39, 0.29) is 49.3 Å². The average Bonchev–Trinajstić information content (AvgIpc) is 3.27. The Morgan fingerprint density at radius 1 is 0.954 bits per heavy atom. The summed E-state index contributed by atoms with van der Waals surface area (Å²) in [5.74, 6) is -0.421. The van der Waals surface area contributed by atoms with Crippen LogP contribution in [0.25, 0.3) is 21.8 Å². The summed E-state index contributed by atoms with van der Waals surface area (Å²) in [6.07, 6.45) is 1.03. The predicted octanol–water partition coefficient (Wildman–Crippen LogP) is 6.88. The summed E-state index contributed by atoms with van der Waals surface area (Å²) < 4.78 is 41.0. The van der Waals surface area contributed by atoms with E-state index in [2.05, 4.69) is 59.4 Å². The molecule has 1 fully saturated rings. The molecule has 65 heavy (non-hydrogen) atoms. The van der Waals surface area contributed by atoms with Crippen molar-refractivity contribution >= 4 is 63.1 Å². The first-order valence-corrected chi connectivity index (χ1v) is 25.9. The van der Waals surface area contributed by atoms with Crippen molar-refractivity contribution in [1.29, 1.82) is 0 Å². The van der Waals surface area contributed by atoms with Crippen molar-refractivity contribution in [1.82, 2.24) is 25.1 Å². The molecule has 0 bridgehead atoms. The maximum atomic E-state index is 14.3. The number of carbonyl (C=O) groups excluding carboxylic acids is 2. The van der Waals surface area contributed by atoms with Crippen molar-refractivity contribution < 1.29 is 32.3 Å². The Morgan fingerprint density at radius 2 is 1.69 bits per heavy atom. The molecular formula is C48H57N7O8SSi. The number of sulfone groups is 1. The second kappa shape index (κ2) is 18.8. The predicted molar refractivity (Wildman–Crippen MR) is 256 cm³/mol. The van der Waals surface area contributed by atoms with Crippen molar-refractivity contribution in [2.45, 2.75) is 61.7 Å². The number of nitrogens with two attached hydrogens (primary N) is 1. The van der Waals surface area contributed by atoms with Crippen LogP contribution in [0.2, 0.25) is 18.1 Å². The number of nitrogens with zero attached hydrogens (tertiary/aromatic N) is 3. The standard InChI is InChI=1S/C48H57N7O8SSi/c1-30-24-35(27-38-43(30)51-28-39(46(49)58)44(38)52-32-11-9-12-33(26-32)62-5)64(60,61)34-13-8-10-31(25-34)47(59)55-22-20-54(21-23-55)19-18-50-29-41(63-65(6,7)48(2,3)4)36-14-16-40(56)45-37(36)15-17-42(57)53-45/h8-17,24-28,41,50,56H,18-23,29H2,1-7H3,(H2,49,58)(H,51,52)(H,53,57)/t41-/m0/s1. The Bertz CT molecular complexity index is 2940. The first-order valence-electron chi connectivity index (χ1n) is 21.5. The lowest BCUT2D eigenvalue weighted by Gasteiger charge is -2.40. The minimum absolute atomic E-state index is 0.000939. The van der Waals surface area contributed by atoms with Gasteiger partial charge in [-0.15, -0.1) is 0 Å². The van der Waals surface area contributed by atoms with E-state index in [1.54, 1.807) is 67.5 Å². The number of benzene rings is 4. The van der Waals surface area contributed by atoms with Crippen molar-refractivity contribution in [3.8, 4) is 11.5 Å². The maximum Gasteiger partial charge on any atom is 0.253 e. The molecule has 1 aliphatic heterocycles. The summed E-state index contributed by atoms with van der Waals surface area (Å²) in [5, 5.41) is 18.4. The highest BCUT2D eigenvalue weighted by Gasteiger charge is 2.40. The number of aromatic amines is 1. The number of fused-ring (bicyclic) bond motifs is 2. The van der Waals surface area contributed by atoms with E-state index < -0.39 is 24.1 Å². The maximum absolute atomic E-state index is 14.3. The number of aromatic nitrogens is 2. The van der Waals surface area contributed by atoms with E-state index in [0.29, 0.717) is 78.4 Å². The van der Waals surface area contributed by atoms with Crippen molar-refractivity contribution in [2.75, 3.05) is 58.2 Å². The van der Waals surface area contributed by atoms with Crippen LogP contribution in [0.1, 0.15) is 58.7 Å². The molecular weight excluding hydrogens is 863 g/mol. The zero-order valence-corrected chi connectivity index (χ0v) is 39.6. The third kappa shape index (κ3) is 10.1. The SMILES string of the molecule is COc1cccc(Nc2c(C(N)=O)cnc3c(C)cc(S(=O)(=O)c4cccc(C(=O)N5CCN(CCNC[C@H](O[Si](C)(C)C(C)(C)C)c6ccc(O)c7[nH]c(=O)ccc67)CC5)c4)cc23)c1. The lowest BCUT2D eigenvalue weighted by atomic mass is 10.0. The summed E-state index contributed by atoms with van der Waals surface area (Å²) in [4.78, 5) is 49.8. The van der Waals surface area contributed by atoms with Gasteiger partial charge >= 0.3 is 0 Å². The second-order valence-corrected chi connectivity index (χ2v) is 24.6. The number of phenolic OH excluding ortho intramolecular Hbond substituents is 1. The number of amides is 2. The molecule has 17 heteroatoms. The van der Waals surface area contributed by atoms with Gasteiger partial charge in [0.05, 0.1) is 45.3 Å². The Hall–Kier alpha value is -6.11. The van der Waals surface area contributed by atoms with Crippen LogP contribution in [0.5, 0.6) is 11.5 Å². The number of anilines is 2. The molecule has 0 unspecified atom stereocenters. The molecule has 4 aromatic carbocycles. The number of piperazine rings is 1. The van der Waals surface area contributed by atoms with Crippen LogP contribution in [-0.4, -0.2) is 106 Å². The van der Waals surface area contributed by atoms with Gasteiger partial charge in [-0.1, -0.05) is 39.0 Å². The number of nitrogens with one attached hydrogen (secondary N) is 3. The number of pyridine rings is 2. The number of primary amides is 1. The second-order valence-electron chi connectivity index (χ2n) is 17.9. The van der Waals surface area contributed by atoms with Gasteiger partial charge in [0, 0.05) is 86.2 Å². The lowest BCUT2D eigenvalue weighted by molar-refractivity contribution is 0.0636. The first-order chi connectivity index (χ1) is 30.8. The normalized spacial score (nSPS) is 14.4. The molecule has 342 valence electrons. The molecule has 1 atom stereocenters. The fourth-order valence-electron chi connectivity index (χ4n) is 7.82. The lowest BCUT2D eigenvalue weighted by Crippen LogP contribution is -2.50. The fraction of sp³-hybridized carbons (Fsp3) is 0.333. The van der Waals surface area contributed by atoms with Gasteiger partial charge < -0.3 is 40.5 Å². The number of hydrogen-bond acceptors (Lipinski definition) is 12. The minimum Gasteiger partial charge on any atom is -0.506 e. The fourth-order valence-corrected chi connectivity index (χ4v) is 10.5. The molecule has 15 nitrogen and oxygen atoms in total. The number of rotatable bonds is 15. The number of phenols is 1. The van der Waals surface area contributed by atoms with Crippen molar-refractivity contribution in [3.63, 3.8) is 0 Å². The van der Waals surface area contributed by atoms with Gasteiger partial charge in [-0.05, 0) is 90.8 Å². The summed E-state index contributed by atoms with van der Waals surface area (Å²) in [6.45, 7) is 16.8. The van der Waals surface area contributed by atoms with Gasteiger partial charge in [0.2, 0.25) is 15.4 Å². The van der Waals surface area contributed by atoms with Crippen LogP contribution >= 0.6 is 0 Å². The minimum atomic E-state index is -4.16. The molecule has 3 heterocycles. The Morgan fingerprint density at radius 3 is 2.40 bits per heavy atom. The third-order valence-electron chi connectivity index (χ3n) is 12.5. The van der Waals surface area contributed by atoms with Crippen LogP contribution < -0.4 is 26.7 Å². The molecule has 0 spiro atoms. The monoisotopic (exact) mass is 919 g/mol. The van der Waals surface area contributed by atoms with Crippen LogP contribution in [0.15, 0.2) is 106 Å².